The lowest BCUT2D eigenvalue weighted by Crippen LogP contribution is -2.40. The maximum absolute atomic E-state index is 11.7. The van der Waals surface area contributed by atoms with Gasteiger partial charge in [-0.25, -0.2) is 0 Å². The Hall–Kier alpha value is -1.14. The number of carbonyl (C=O) groups excluding carboxylic acids is 1. The van der Waals surface area contributed by atoms with Crippen molar-refractivity contribution in [2.75, 3.05) is 0 Å². The third kappa shape index (κ3) is 3.18. The van der Waals surface area contributed by atoms with Crippen molar-refractivity contribution in [2.45, 2.75) is 26.3 Å². The summed E-state index contributed by atoms with van der Waals surface area (Å²) in [4.78, 5) is 21.8. The molecule has 88 valence electrons. The third-order valence-electron chi connectivity index (χ3n) is 1.58. The fraction of sp³-hybridized carbons (Fsp3) is 0.444. The number of carbonyl (C=O) groups is 1. The number of thiophene rings is 1. The smallest absolute Gasteiger partial charge is 0.299 e. The second-order valence-corrected chi connectivity index (χ2v) is 5.89. The molecule has 0 saturated carbocycles. The molecule has 16 heavy (non-hydrogen) atoms. The Morgan fingerprint density at radius 3 is 2.50 bits per heavy atom. The summed E-state index contributed by atoms with van der Waals surface area (Å²) in [5.41, 5.74) is -0.617. The summed E-state index contributed by atoms with van der Waals surface area (Å²) in [7, 11) is 0. The van der Waals surface area contributed by atoms with Crippen molar-refractivity contribution in [2.24, 2.45) is 0 Å². The molecule has 0 aromatic carbocycles. The van der Waals surface area contributed by atoms with Crippen molar-refractivity contribution >= 4 is 34.5 Å². The summed E-state index contributed by atoms with van der Waals surface area (Å²) >= 11 is 6.56. The molecule has 1 amide bonds. The number of hydrogen-bond acceptors (Lipinski definition) is 4. The van der Waals surface area contributed by atoms with Crippen LogP contribution in [0.5, 0.6) is 0 Å². The molecule has 1 aromatic heterocycles. The van der Waals surface area contributed by atoms with Gasteiger partial charge in [-0.05, 0) is 20.8 Å². The van der Waals surface area contributed by atoms with Gasteiger partial charge in [-0.3, -0.25) is 14.9 Å². The van der Waals surface area contributed by atoms with E-state index in [0.29, 0.717) is 0 Å². The first-order valence-electron chi connectivity index (χ1n) is 4.47. The van der Waals surface area contributed by atoms with Crippen LogP contribution in [-0.2, 0) is 0 Å². The van der Waals surface area contributed by atoms with Crippen LogP contribution < -0.4 is 5.32 Å². The molecule has 0 atom stereocenters. The fourth-order valence-corrected chi connectivity index (χ4v) is 2.12. The molecule has 0 saturated heterocycles. The molecule has 0 spiro atoms. The summed E-state index contributed by atoms with van der Waals surface area (Å²) in [5, 5.41) is 13.2. The van der Waals surface area contributed by atoms with E-state index < -0.39 is 4.92 Å². The topological polar surface area (TPSA) is 72.2 Å². The van der Waals surface area contributed by atoms with Gasteiger partial charge in [0.25, 0.3) is 11.6 Å². The predicted octanol–water partition coefficient (Wildman–Crippen LogP) is 2.84. The summed E-state index contributed by atoms with van der Waals surface area (Å²) in [6.07, 6.45) is 0. The first kappa shape index (κ1) is 12.9. The van der Waals surface area contributed by atoms with Gasteiger partial charge in [0, 0.05) is 11.6 Å². The van der Waals surface area contributed by atoms with Crippen molar-refractivity contribution in [3.8, 4) is 0 Å². The zero-order valence-corrected chi connectivity index (χ0v) is 10.6. The van der Waals surface area contributed by atoms with Crippen LogP contribution in [-0.4, -0.2) is 16.4 Å². The molecular weight excluding hydrogens is 252 g/mol. The van der Waals surface area contributed by atoms with E-state index in [-0.39, 0.29) is 26.3 Å². The van der Waals surface area contributed by atoms with Gasteiger partial charge in [-0.15, -0.1) is 11.3 Å². The summed E-state index contributed by atoms with van der Waals surface area (Å²) in [6.45, 7) is 5.48. The van der Waals surface area contributed by atoms with E-state index in [0.717, 1.165) is 11.3 Å². The fourth-order valence-electron chi connectivity index (χ4n) is 0.998. The van der Waals surface area contributed by atoms with Crippen LogP contribution in [0, 0.1) is 10.1 Å². The average molecular weight is 263 g/mol. The lowest BCUT2D eigenvalue weighted by Gasteiger charge is -2.19. The normalized spacial score (nSPS) is 11.2. The zero-order chi connectivity index (χ0) is 12.5. The molecule has 0 aliphatic carbocycles. The van der Waals surface area contributed by atoms with Gasteiger partial charge >= 0.3 is 0 Å². The first-order valence-corrected chi connectivity index (χ1v) is 5.66. The molecule has 1 heterocycles. The van der Waals surface area contributed by atoms with Gasteiger partial charge in [-0.2, -0.15) is 0 Å². The Morgan fingerprint density at radius 1 is 1.56 bits per heavy atom. The van der Waals surface area contributed by atoms with E-state index in [1.807, 2.05) is 20.8 Å². The Bertz CT molecular complexity index is 436. The maximum atomic E-state index is 11.7. The van der Waals surface area contributed by atoms with E-state index >= 15 is 0 Å². The van der Waals surface area contributed by atoms with Crippen LogP contribution in [0.25, 0.3) is 0 Å². The van der Waals surface area contributed by atoms with Crippen molar-refractivity contribution in [3.63, 3.8) is 0 Å². The van der Waals surface area contributed by atoms with Crippen LogP contribution in [0.15, 0.2) is 6.07 Å². The predicted molar refractivity (Wildman–Crippen MR) is 63.2 cm³/mol. The molecule has 7 heteroatoms. The van der Waals surface area contributed by atoms with Crippen LogP contribution in [0.2, 0.25) is 4.34 Å². The maximum Gasteiger partial charge on any atom is 0.299 e. The Kier molecular flexibility index (Phi) is 3.54. The van der Waals surface area contributed by atoms with Gasteiger partial charge in [0.2, 0.25) is 0 Å². The zero-order valence-electron chi connectivity index (χ0n) is 9.04. The van der Waals surface area contributed by atoms with Gasteiger partial charge in [-0.1, -0.05) is 11.6 Å². The Labute approximate surface area is 102 Å². The van der Waals surface area contributed by atoms with Crippen molar-refractivity contribution in [1.29, 1.82) is 0 Å². The van der Waals surface area contributed by atoms with Gasteiger partial charge in [0.15, 0.2) is 4.34 Å². The van der Waals surface area contributed by atoms with E-state index in [9.17, 15) is 14.9 Å². The van der Waals surface area contributed by atoms with Crippen molar-refractivity contribution < 1.29 is 9.72 Å². The molecule has 0 aliphatic heterocycles. The van der Waals surface area contributed by atoms with E-state index in [1.54, 1.807) is 0 Å². The number of hydrogen-bond donors (Lipinski definition) is 1. The Balaban J connectivity index is 2.94. The van der Waals surface area contributed by atoms with Gasteiger partial charge < -0.3 is 5.32 Å². The first-order chi connectivity index (χ1) is 7.20. The highest BCUT2D eigenvalue weighted by atomic mass is 35.5. The van der Waals surface area contributed by atoms with Crippen LogP contribution in [0.4, 0.5) is 5.69 Å². The second-order valence-electron chi connectivity index (χ2n) is 4.23. The molecule has 0 aliphatic rings. The number of rotatable bonds is 2. The van der Waals surface area contributed by atoms with E-state index in [1.165, 1.54) is 6.07 Å². The summed E-state index contributed by atoms with van der Waals surface area (Å²) in [6, 6.07) is 1.19. The second kappa shape index (κ2) is 4.39. The third-order valence-corrected chi connectivity index (χ3v) is 2.91. The summed E-state index contributed by atoms with van der Waals surface area (Å²) < 4.78 is 0.0176. The lowest BCUT2D eigenvalue weighted by molar-refractivity contribution is -0.384. The van der Waals surface area contributed by atoms with Crippen molar-refractivity contribution in [1.82, 2.24) is 5.32 Å². The van der Waals surface area contributed by atoms with E-state index in [2.05, 4.69) is 5.32 Å². The average Bonchev–Trinajstić information content (AvgIpc) is 2.44. The van der Waals surface area contributed by atoms with E-state index in [4.69, 9.17) is 11.6 Å². The van der Waals surface area contributed by atoms with Crippen LogP contribution >= 0.6 is 22.9 Å². The lowest BCUT2D eigenvalue weighted by atomic mass is 10.1. The number of nitrogens with zero attached hydrogens (tertiary/aromatic N) is 1. The quantitative estimate of drug-likeness (QED) is 0.658. The number of amides is 1. The van der Waals surface area contributed by atoms with Crippen LogP contribution in [0.3, 0.4) is 0 Å². The minimum Gasteiger partial charge on any atom is -0.347 e. The molecule has 1 N–H and O–H groups in total. The highest BCUT2D eigenvalue weighted by Crippen LogP contribution is 2.33. The van der Waals surface area contributed by atoms with Gasteiger partial charge in [0.05, 0.1) is 4.92 Å². The molecular formula is C9H11ClN2O3S. The van der Waals surface area contributed by atoms with Crippen molar-refractivity contribution in [3.05, 3.63) is 25.4 Å². The monoisotopic (exact) mass is 262 g/mol. The van der Waals surface area contributed by atoms with Crippen LogP contribution in [0.1, 0.15) is 30.4 Å². The van der Waals surface area contributed by atoms with Gasteiger partial charge in [0.1, 0.15) is 4.88 Å². The molecule has 0 radical (unpaired) electrons. The molecule has 5 nitrogen and oxygen atoms in total. The molecule has 0 fully saturated rings. The summed E-state index contributed by atoms with van der Waals surface area (Å²) in [5.74, 6) is -0.354. The SMILES string of the molecule is CC(C)(C)NC(=O)c1cc([N+](=O)[O-])c(Cl)s1. The molecule has 1 rings (SSSR count). The standard InChI is InChI=1S/C9H11ClN2O3S/c1-9(2,3)11-8(13)6-4-5(12(14)15)7(10)16-6/h4H,1-3H3,(H,11,13). The molecule has 0 unspecified atom stereocenters. The number of nitrogens with one attached hydrogen (secondary N) is 1. The Morgan fingerprint density at radius 2 is 2.12 bits per heavy atom. The molecule has 1 aromatic rings. The minimum absolute atomic E-state index is 0.0176. The number of nitro groups is 1. The highest BCUT2D eigenvalue weighted by molar-refractivity contribution is 7.18. The molecule has 0 bridgehead atoms. The number of halogens is 1. The minimum atomic E-state index is -0.604. The largest absolute Gasteiger partial charge is 0.347 e. The highest BCUT2D eigenvalue weighted by Gasteiger charge is 2.23.